The van der Waals surface area contributed by atoms with E-state index in [1.165, 1.54) is 12.1 Å². The highest BCUT2D eigenvalue weighted by Crippen LogP contribution is 2.44. The second kappa shape index (κ2) is 5.77. The number of sulfonamides is 1. The second-order valence-electron chi connectivity index (χ2n) is 6.57. The predicted molar refractivity (Wildman–Crippen MR) is 92.7 cm³/mol. The number of benzene rings is 2. The third-order valence-electron chi connectivity index (χ3n) is 4.88. The van der Waals surface area contributed by atoms with E-state index in [1.807, 2.05) is 0 Å². The quantitative estimate of drug-likeness (QED) is 0.892. The molecular weight excluding hydrogens is 362 g/mol. The van der Waals surface area contributed by atoms with Crippen LogP contribution in [0.4, 0.5) is 20.2 Å². The van der Waals surface area contributed by atoms with Gasteiger partial charge in [-0.25, -0.2) is 17.2 Å². The van der Waals surface area contributed by atoms with Crippen molar-refractivity contribution in [3.63, 3.8) is 0 Å². The van der Waals surface area contributed by atoms with Gasteiger partial charge in [0.2, 0.25) is 5.91 Å². The lowest BCUT2D eigenvalue weighted by atomic mass is 9.97. The first kappa shape index (κ1) is 17.0. The normalized spacial score (nSPS) is 18.8. The van der Waals surface area contributed by atoms with Gasteiger partial charge in [-0.05, 0) is 55.2 Å². The molecule has 2 aromatic carbocycles. The highest BCUT2D eigenvalue weighted by molar-refractivity contribution is 7.92. The smallest absolute Gasteiger partial charge is 0.262 e. The lowest BCUT2D eigenvalue weighted by molar-refractivity contribution is -0.119. The van der Waals surface area contributed by atoms with Crippen molar-refractivity contribution in [1.82, 2.24) is 0 Å². The first-order valence-electron chi connectivity index (χ1n) is 8.24. The highest BCUT2D eigenvalue weighted by atomic mass is 32.2. The van der Waals surface area contributed by atoms with Gasteiger partial charge in [0.05, 0.1) is 22.2 Å². The van der Waals surface area contributed by atoms with E-state index in [2.05, 4.69) is 4.72 Å². The Morgan fingerprint density at radius 3 is 2.69 bits per heavy atom. The van der Waals surface area contributed by atoms with Crippen LogP contribution in [0.2, 0.25) is 0 Å². The summed E-state index contributed by atoms with van der Waals surface area (Å²) in [5, 5.41) is 0. The molecule has 0 aliphatic carbocycles. The summed E-state index contributed by atoms with van der Waals surface area (Å²) in [6, 6.07) is 5.62. The van der Waals surface area contributed by atoms with E-state index < -0.39 is 27.6 Å². The third-order valence-corrected chi connectivity index (χ3v) is 6.22. The van der Waals surface area contributed by atoms with Crippen LogP contribution in [0.1, 0.15) is 30.4 Å². The van der Waals surface area contributed by atoms with Gasteiger partial charge in [-0.15, -0.1) is 0 Å². The summed E-state index contributed by atoms with van der Waals surface area (Å²) in [4.78, 5) is 14.1. The Morgan fingerprint density at radius 1 is 1.19 bits per heavy atom. The summed E-state index contributed by atoms with van der Waals surface area (Å²) in [5.41, 5.74) is 1.95. The number of nitrogens with zero attached hydrogens (tertiary/aromatic N) is 1. The van der Waals surface area contributed by atoms with Gasteiger partial charge in [0.25, 0.3) is 10.0 Å². The maximum Gasteiger partial charge on any atom is 0.262 e. The Bertz CT molecular complexity index is 1040. The van der Waals surface area contributed by atoms with E-state index in [-0.39, 0.29) is 16.5 Å². The van der Waals surface area contributed by atoms with Gasteiger partial charge in [-0.2, -0.15) is 0 Å². The molecule has 0 spiro atoms. The zero-order valence-electron chi connectivity index (χ0n) is 13.9. The standard InChI is InChI=1S/C18H16F2N2O3S/c1-10-14-9-13(7-11-3-2-6-22(17(11)14)18(10)23)26(24,25)21-16-5-4-12(19)8-15(16)20/h4-5,7-10,21H,2-3,6H2,1H3/t10-/m1/s1. The molecule has 2 aromatic rings. The number of anilines is 2. The fraction of sp³-hybridized carbons (Fsp3) is 0.278. The minimum absolute atomic E-state index is 0.0293. The van der Waals surface area contributed by atoms with Crippen LogP contribution in [0, 0.1) is 11.6 Å². The number of aryl methyl sites for hydroxylation is 1. The molecule has 0 unspecified atom stereocenters. The molecule has 0 saturated heterocycles. The topological polar surface area (TPSA) is 66.5 Å². The summed E-state index contributed by atoms with van der Waals surface area (Å²) in [5.74, 6) is -2.24. The van der Waals surface area contributed by atoms with Gasteiger partial charge < -0.3 is 4.90 Å². The van der Waals surface area contributed by atoms with Crippen LogP contribution in [-0.2, 0) is 21.2 Å². The molecule has 0 saturated carbocycles. The number of nitrogens with one attached hydrogen (secondary N) is 1. The lowest BCUT2D eigenvalue weighted by Crippen LogP contribution is -2.32. The largest absolute Gasteiger partial charge is 0.311 e. The molecule has 2 aliphatic rings. The van der Waals surface area contributed by atoms with Gasteiger partial charge in [-0.1, -0.05) is 0 Å². The SMILES string of the molecule is C[C@H]1C(=O)N2CCCc3cc(S(=O)(=O)Nc4ccc(F)cc4F)cc1c32. The Hall–Kier alpha value is -2.48. The third kappa shape index (κ3) is 2.56. The number of amides is 1. The molecule has 0 radical (unpaired) electrons. The van der Waals surface area contributed by atoms with Gasteiger partial charge in [0.15, 0.2) is 0 Å². The van der Waals surface area contributed by atoms with Crippen LogP contribution in [0.15, 0.2) is 35.2 Å². The molecule has 4 rings (SSSR count). The lowest BCUT2D eigenvalue weighted by Gasteiger charge is -2.26. The molecule has 0 aromatic heterocycles. The van der Waals surface area contributed by atoms with Gasteiger partial charge in [0, 0.05) is 12.6 Å². The maximum atomic E-state index is 13.8. The van der Waals surface area contributed by atoms with Crippen molar-refractivity contribution in [3.8, 4) is 0 Å². The molecule has 26 heavy (non-hydrogen) atoms. The molecule has 0 fully saturated rings. The predicted octanol–water partition coefficient (Wildman–Crippen LogP) is 3.16. The Morgan fingerprint density at radius 2 is 1.96 bits per heavy atom. The minimum Gasteiger partial charge on any atom is -0.311 e. The monoisotopic (exact) mass is 378 g/mol. The van der Waals surface area contributed by atoms with Crippen LogP contribution in [0.25, 0.3) is 0 Å². The average molecular weight is 378 g/mol. The molecule has 1 atom stereocenters. The van der Waals surface area contributed by atoms with E-state index >= 15 is 0 Å². The van der Waals surface area contributed by atoms with Crippen molar-refractivity contribution in [2.75, 3.05) is 16.2 Å². The fourth-order valence-corrected chi connectivity index (χ4v) is 4.75. The number of hydrogen-bond donors (Lipinski definition) is 1. The van der Waals surface area contributed by atoms with Crippen molar-refractivity contribution < 1.29 is 22.0 Å². The van der Waals surface area contributed by atoms with E-state index in [0.29, 0.717) is 24.6 Å². The number of halogens is 2. The average Bonchev–Trinajstić information content (AvgIpc) is 2.84. The van der Waals surface area contributed by atoms with Crippen LogP contribution in [-0.4, -0.2) is 20.9 Å². The van der Waals surface area contributed by atoms with Crippen molar-refractivity contribution in [2.45, 2.75) is 30.6 Å². The van der Waals surface area contributed by atoms with E-state index in [0.717, 1.165) is 29.8 Å². The van der Waals surface area contributed by atoms with E-state index in [4.69, 9.17) is 0 Å². The molecular formula is C18H16F2N2O3S. The summed E-state index contributed by atoms with van der Waals surface area (Å²) in [6.07, 6.45) is 1.43. The van der Waals surface area contributed by atoms with Crippen molar-refractivity contribution in [3.05, 3.63) is 53.1 Å². The molecule has 2 aliphatic heterocycles. The zero-order valence-corrected chi connectivity index (χ0v) is 14.7. The summed E-state index contributed by atoms with van der Waals surface area (Å²) < 4.78 is 54.4. The van der Waals surface area contributed by atoms with Crippen molar-refractivity contribution in [1.29, 1.82) is 0 Å². The number of hydrogen-bond acceptors (Lipinski definition) is 3. The van der Waals surface area contributed by atoms with E-state index in [1.54, 1.807) is 11.8 Å². The molecule has 8 heteroatoms. The first-order valence-corrected chi connectivity index (χ1v) is 9.72. The molecule has 136 valence electrons. The first-order chi connectivity index (χ1) is 12.3. The van der Waals surface area contributed by atoms with Gasteiger partial charge >= 0.3 is 0 Å². The molecule has 1 N–H and O–H groups in total. The fourth-order valence-electron chi connectivity index (χ4n) is 3.60. The summed E-state index contributed by atoms with van der Waals surface area (Å²) in [6.45, 7) is 2.38. The zero-order chi connectivity index (χ0) is 18.6. The van der Waals surface area contributed by atoms with Crippen LogP contribution in [0.3, 0.4) is 0 Å². The highest BCUT2D eigenvalue weighted by Gasteiger charge is 2.38. The van der Waals surface area contributed by atoms with Gasteiger partial charge in [-0.3, -0.25) is 9.52 Å². The van der Waals surface area contributed by atoms with Crippen LogP contribution < -0.4 is 9.62 Å². The number of carbonyl (C=O) groups is 1. The second-order valence-corrected chi connectivity index (χ2v) is 8.25. The molecule has 1 amide bonds. The Balaban J connectivity index is 1.78. The number of rotatable bonds is 3. The Labute approximate surface area is 149 Å². The summed E-state index contributed by atoms with van der Waals surface area (Å²) in [7, 11) is -4.08. The Kier molecular flexibility index (Phi) is 3.76. The van der Waals surface area contributed by atoms with Crippen molar-refractivity contribution >= 4 is 27.3 Å². The van der Waals surface area contributed by atoms with Crippen LogP contribution in [0.5, 0.6) is 0 Å². The van der Waals surface area contributed by atoms with E-state index in [9.17, 15) is 22.0 Å². The number of carbonyl (C=O) groups excluding carboxylic acids is 1. The molecule has 2 heterocycles. The van der Waals surface area contributed by atoms with Crippen molar-refractivity contribution in [2.24, 2.45) is 0 Å². The summed E-state index contributed by atoms with van der Waals surface area (Å²) >= 11 is 0. The molecule has 5 nitrogen and oxygen atoms in total. The minimum atomic E-state index is -4.08. The molecule has 0 bridgehead atoms. The van der Waals surface area contributed by atoms with Crippen LogP contribution >= 0.6 is 0 Å². The van der Waals surface area contributed by atoms with Gasteiger partial charge in [0.1, 0.15) is 11.6 Å². The maximum absolute atomic E-state index is 13.8.